The minimum atomic E-state index is -3.67. The van der Waals surface area contributed by atoms with Crippen molar-refractivity contribution in [1.29, 1.82) is 0 Å². The molecule has 1 amide bonds. The standard InChI is InChI=1S/C25H32N2O5S/c1-21-8-5-6-11-23(21)33(29,30)27-13-7-12-25(19-27,20-32-22-9-3-2-4-10-22)18-24(28)26-14-16-31-17-15-26/h2-6,8-11H,7,12-20H2,1H3/t25-/m1/s1. The fraction of sp³-hybridized carbons (Fsp3) is 0.480. The number of sulfonamides is 1. The van der Waals surface area contributed by atoms with Crippen LogP contribution in [0.15, 0.2) is 59.5 Å². The van der Waals surface area contributed by atoms with Gasteiger partial charge in [0.2, 0.25) is 15.9 Å². The number of aryl methyl sites for hydroxylation is 1. The molecule has 0 N–H and O–H groups in total. The number of hydrogen-bond donors (Lipinski definition) is 0. The highest BCUT2D eigenvalue weighted by molar-refractivity contribution is 7.89. The van der Waals surface area contributed by atoms with Crippen molar-refractivity contribution in [3.63, 3.8) is 0 Å². The highest BCUT2D eigenvalue weighted by Gasteiger charge is 2.43. The summed E-state index contributed by atoms with van der Waals surface area (Å²) in [5.74, 6) is 0.750. The molecule has 2 saturated heterocycles. The first-order chi connectivity index (χ1) is 15.9. The van der Waals surface area contributed by atoms with Crippen LogP contribution in [0.1, 0.15) is 24.8 Å². The fourth-order valence-corrected chi connectivity index (χ4v) is 6.48. The van der Waals surface area contributed by atoms with Crippen molar-refractivity contribution < 1.29 is 22.7 Å². The zero-order chi connectivity index (χ0) is 23.3. The summed E-state index contributed by atoms with van der Waals surface area (Å²) in [5, 5.41) is 0. The van der Waals surface area contributed by atoms with Gasteiger partial charge < -0.3 is 14.4 Å². The van der Waals surface area contributed by atoms with Gasteiger partial charge in [-0.2, -0.15) is 4.31 Å². The summed E-state index contributed by atoms with van der Waals surface area (Å²) >= 11 is 0. The third-order valence-electron chi connectivity index (χ3n) is 6.52. The molecule has 2 fully saturated rings. The van der Waals surface area contributed by atoms with Crippen LogP contribution in [0.5, 0.6) is 5.75 Å². The molecule has 8 heteroatoms. The minimum Gasteiger partial charge on any atom is -0.493 e. The number of carbonyl (C=O) groups excluding carboxylic acids is 1. The molecular weight excluding hydrogens is 440 g/mol. The highest BCUT2D eigenvalue weighted by atomic mass is 32.2. The number of ether oxygens (including phenoxy) is 2. The molecule has 0 aromatic heterocycles. The number of para-hydroxylation sites is 1. The van der Waals surface area contributed by atoms with E-state index in [1.165, 1.54) is 0 Å². The third-order valence-corrected chi connectivity index (χ3v) is 8.52. The summed E-state index contributed by atoms with van der Waals surface area (Å²) in [6.07, 6.45) is 1.66. The monoisotopic (exact) mass is 472 g/mol. The van der Waals surface area contributed by atoms with Gasteiger partial charge in [0.15, 0.2) is 0 Å². The van der Waals surface area contributed by atoms with Gasteiger partial charge in [-0.05, 0) is 43.5 Å². The first kappa shape index (κ1) is 23.7. The average Bonchev–Trinajstić information content (AvgIpc) is 2.84. The quantitative estimate of drug-likeness (QED) is 0.619. The van der Waals surface area contributed by atoms with Crippen molar-refractivity contribution in [2.45, 2.75) is 31.1 Å². The Morgan fingerprint density at radius 1 is 1.03 bits per heavy atom. The Bertz CT molecular complexity index is 1050. The number of amides is 1. The van der Waals surface area contributed by atoms with Gasteiger partial charge in [-0.25, -0.2) is 8.42 Å². The number of carbonyl (C=O) groups is 1. The third kappa shape index (κ3) is 5.57. The molecule has 178 valence electrons. The number of piperidine rings is 1. The second-order valence-electron chi connectivity index (χ2n) is 8.98. The summed E-state index contributed by atoms with van der Waals surface area (Å²) in [6.45, 7) is 5.00. The minimum absolute atomic E-state index is 0.0325. The first-order valence-corrected chi connectivity index (χ1v) is 12.9. The predicted octanol–water partition coefficient (Wildman–Crippen LogP) is 3.09. The lowest BCUT2D eigenvalue weighted by molar-refractivity contribution is -0.139. The van der Waals surface area contributed by atoms with E-state index in [2.05, 4.69) is 0 Å². The number of hydrogen-bond acceptors (Lipinski definition) is 5. The molecule has 7 nitrogen and oxygen atoms in total. The lowest BCUT2D eigenvalue weighted by Gasteiger charge is -2.42. The molecule has 0 unspecified atom stereocenters. The van der Waals surface area contributed by atoms with Crippen molar-refractivity contribution >= 4 is 15.9 Å². The van der Waals surface area contributed by atoms with Gasteiger partial charge in [-0.3, -0.25) is 4.79 Å². The lowest BCUT2D eigenvalue weighted by Crippen LogP contribution is -2.52. The van der Waals surface area contributed by atoms with Gasteiger partial charge >= 0.3 is 0 Å². The first-order valence-electron chi connectivity index (χ1n) is 11.5. The van der Waals surface area contributed by atoms with Crippen LogP contribution in [0, 0.1) is 12.3 Å². The van der Waals surface area contributed by atoms with Gasteiger partial charge in [0, 0.05) is 38.0 Å². The van der Waals surface area contributed by atoms with Crippen LogP contribution >= 0.6 is 0 Å². The normalized spacial score (nSPS) is 22.2. The Morgan fingerprint density at radius 3 is 2.45 bits per heavy atom. The van der Waals surface area contributed by atoms with Crippen molar-refractivity contribution in [2.75, 3.05) is 46.0 Å². The van der Waals surface area contributed by atoms with Crippen molar-refractivity contribution in [3.8, 4) is 5.75 Å². The Balaban J connectivity index is 1.58. The van der Waals surface area contributed by atoms with Gasteiger partial charge in [-0.15, -0.1) is 0 Å². The molecule has 2 aliphatic rings. The maximum absolute atomic E-state index is 13.5. The SMILES string of the molecule is Cc1ccccc1S(=O)(=O)N1CCC[C@@](COc2ccccc2)(CC(=O)N2CCOCC2)C1. The number of nitrogens with zero attached hydrogens (tertiary/aromatic N) is 2. The number of morpholine rings is 1. The molecule has 2 aliphatic heterocycles. The second kappa shape index (κ2) is 10.2. The van der Waals surface area contributed by atoms with E-state index in [0.29, 0.717) is 44.2 Å². The van der Waals surface area contributed by atoms with E-state index >= 15 is 0 Å². The molecule has 4 rings (SSSR count). The molecule has 0 bridgehead atoms. The zero-order valence-corrected chi connectivity index (χ0v) is 19.9. The van der Waals surface area contributed by atoms with Gasteiger partial charge in [0.05, 0.1) is 24.7 Å². The summed E-state index contributed by atoms with van der Waals surface area (Å²) in [4.78, 5) is 15.4. The molecule has 2 aromatic carbocycles. The number of benzene rings is 2. The zero-order valence-electron chi connectivity index (χ0n) is 19.1. The maximum atomic E-state index is 13.5. The molecular formula is C25H32N2O5S. The van der Waals surface area contributed by atoms with Crippen LogP contribution in [0.4, 0.5) is 0 Å². The van der Waals surface area contributed by atoms with Crippen molar-refractivity contribution in [2.24, 2.45) is 5.41 Å². The Kier molecular flexibility index (Phi) is 7.36. The molecule has 0 saturated carbocycles. The van der Waals surface area contributed by atoms with Crippen molar-refractivity contribution in [1.82, 2.24) is 9.21 Å². The van der Waals surface area contributed by atoms with E-state index in [4.69, 9.17) is 9.47 Å². The van der Waals surface area contributed by atoms with Crippen LogP contribution in [0.25, 0.3) is 0 Å². The van der Waals surface area contributed by atoms with Crippen molar-refractivity contribution in [3.05, 3.63) is 60.2 Å². The van der Waals surface area contributed by atoms with Gasteiger partial charge in [0.25, 0.3) is 0 Å². The second-order valence-corrected chi connectivity index (χ2v) is 10.9. The van der Waals surface area contributed by atoms with Crippen LogP contribution in [0.3, 0.4) is 0 Å². The molecule has 0 spiro atoms. The smallest absolute Gasteiger partial charge is 0.243 e. The summed E-state index contributed by atoms with van der Waals surface area (Å²) < 4.78 is 40.1. The van der Waals surface area contributed by atoms with E-state index in [9.17, 15) is 13.2 Å². The maximum Gasteiger partial charge on any atom is 0.243 e. The van der Waals surface area contributed by atoms with E-state index in [-0.39, 0.29) is 25.5 Å². The summed E-state index contributed by atoms with van der Waals surface area (Å²) in [5.41, 5.74) is 0.123. The molecule has 0 radical (unpaired) electrons. The average molecular weight is 473 g/mol. The summed E-state index contributed by atoms with van der Waals surface area (Å²) in [6, 6.07) is 16.5. The largest absolute Gasteiger partial charge is 0.493 e. The molecule has 33 heavy (non-hydrogen) atoms. The molecule has 2 aromatic rings. The lowest BCUT2D eigenvalue weighted by atomic mass is 9.78. The van der Waals surface area contributed by atoms with Gasteiger partial charge in [-0.1, -0.05) is 36.4 Å². The van der Waals surface area contributed by atoms with E-state index in [0.717, 1.165) is 17.7 Å². The van der Waals surface area contributed by atoms with Crippen LogP contribution in [-0.4, -0.2) is 69.5 Å². The Hall–Kier alpha value is -2.42. The predicted molar refractivity (Wildman–Crippen MR) is 126 cm³/mol. The van der Waals surface area contributed by atoms with Crippen LogP contribution in [-0.2, 0) is 19.6 Å². The highest BCUT2D eigenvalue weighted by Crippen LogP contribution is 2.37. The van der Waals surface area contributed by atoms with Crippen LogP contribution in [0.2, 0.25) is 0 Å². The molecule has 2 heterocycles. The molecule has 0 aliphatic carbocycles. The Labute approximate surface area is 196 Å². The van der Waals surface area contributed by atoms with Gasteiger partial charge in [0.1, 0.15) is 5.75 Å². The fourth-order valence-electron chi connectivity index (χ4n) is 4.66. The molecule has 1 atom stereocenters. The van der Waals surface area contributed by atoms with E-state index in [1.54, 1.807) is 16.4 Å². The van der Waals surface area contributed by atoms with Crippen LogP contribution < -0.4 is 4.74 Å². The number of rotatable bonds is 7. The topological polar surface area (TPSA) is 76.2 Å². The van der Waals surface area contributed by atoms with E-state index in [1.807, 2.05) is 54.3 Å². The van der Waals surface area contributed by atoms with E-state index < -0.39 is 15.4 Å². The Morgan fingerprint density at radius 2 is 1.73 bits per heavy atom. The summed E-state index contributed by atoms with van der Waals surface area (Å²) in [7, 11) is -3.67.